The Bertz CT molecular complexity index is 935. The van der Waals surface area contributed by atoms with Gasteiger partial charge < -0.3 is 14.2 Å². The molecule has 0 aliphatic carbocycles. The molecule has 158 valence electrons. The maximum absolute atomic E-state index is 12.5. The van der Waals surface area contributed by atoms with E-state index in [4.69, 9.17) is 4.74 Å². The summed E-state index contributed by atoms with van der Waals surface area (Å²) in [5.74, 6) is 1.30. The van der Waals surface area contributed by atoms with E-state index in [-0.39, 0.29) is 17.6 Å². The van der Waals surface area contributed by atoms with Crippen molar-refractivity contribution in [2.45, 2.75) is 52.1 Å². The van der Waals surface area contributed by atoms with Crippen LogP contribution in [0.25, 0.3) is 10.2 Å². The summed E-state index contributed by atoms with van der Waals surface area (Å²) in [6.07, 6.45) is 4.37. The van der Waals surface area contributed by atoms with E-state index in [9.17, 15) is 9.59 Å². The van der Waals surface area contributed by atoms with Crippen LogP contribution in [-0.4, -0.2) is 52.5 Å². The number of aromatic nitrogens is 1. The molecule has 0 bridgehead atoms. The van der Waals surface area contributed by atoms with E-state index in [1.165, 1.54) is 29.5 Å². The third-order valence-electron chi connectivity index (χ3n) is 5.30. The van der Waals surface area contributed by atoms with Crippen molar-refractivity contribution in [2.75, 3.05) is 25.2 Å². The highest BCUT2D eigenvalue weighted by Gasteiger charge is 2.25. The molecule has 0 saturated carbocycles. The molecule has 6 nitrogen and oxygen atoms in total. The summed E-state index contributed by atoms with van der Waals surface area (Å²) in [6, 6.07) is 6.23. The number of amides is 2. The Balaban J connectivity index is 1.64. The SMILES string of the molecule is CCC1CCCCN1C(=O)CSCC(=O)N=c1sc2cc(OC)ccc2n1CC. The van der Waals surface area contributed by atoms with Crippen LogP contribution in [0, 0.1) is 0 Å². The monoisotopic (exact) mass is 435 g/mol. The maximum Gasteiger partial charge on any atom is 0.258 e. The topological polar surface area (TPSA) is 63.9 Å². The van der Waals surface area contributed by atoms with E-state index in [2.05, 4.69) is 11.9 Å². The lowest BCUT2D eigenvalue weighted by Gasteiger charge is -2.35. The van der Waals surface area contributed by atoms with Crippen LogP contribution < -0.4 is 9.54 Å². The normalized spacial score (nSPS) is 17.7. The first-order chi connectivity index (χ1) is 14.1. The third kappa shape index (κ3) is 5.22. The molecule has 1 aliphatic rings. The number of rotatable bonds is 7. The second-order valence-corrected chi connectivity index (χ2v) is 9.10. The highest BCUT2D eigenvalue weighted by Crippen LogP contribution is 2.23. The first-order valence-electron chi connectivity index (χ1n) is 10.2. The molecule has 1 fully saturated rings. The van der Waals surface area contributed by atoms with Crippen LogP contribution in [0.4, 0.5) is 0 Å². The Kier molecular flexibility index (Phi) is 7.77. The van der Waals surface area contributed by atoms with Gasteiger partial charge in [-0.25, -0.2) is 0 Å². The Morgan fingerprint density at radius 2 is 2.10 bits per heavy atom. The Labute approximate surface area is 180 Å². The summed E-state index contributed by atoms with van der Waals surface area (Å²) in [6.45, 7) is 5.75. The number of aryl methyl sites for hydroxylation is 1. The summed E-state index contributed by atoms with van der Waals surface area (Å²) >= 11 is 2.85. The number of thiazole rings is 1. The van der Waals surface area contributed by atoms with Gasteiger partial charge >= 0.3 is 0 Å². The molecule has 2 amide bonds. The molecule has 1 atom stereocenters. The van der Waals surface area contributed by atoms with Crippen LogP contribution in [0.15, 0.2) is 23.2 Å². The number of benzene rings is 1. The molecule has 1 aromatic carbocycles. The van der Waals surface area contributed by atoms with Gasteiger partial charge in [0.2, 0.25) is 5.91 Å². The molecule has 0 radical (unpaired) electrons. The summed E-state index contributed by atoms with van der Waals surface area (Å²) in [4.78, 5) is 32.0. The fraction of sp³-hybridized carbons (Fsp3) is 0.571. The molecule has 29 heavy (non-hydrogen) atoms. The van der Waals surface area contributed by atoms with Crippen molar-refractivity contribution >= 4 is 45.1 Å². The van der Waals surface area contributed by atoms with Gasteiger partial charge in [0.05, 0.1) is 28.8 Å². The number of ether oxygens (including phenoxy) is 1. The predicted molar refractivity (Wildman–Crippen MR) is 120 cm³/mol. The van der Waals surface area contributed by atoms with E-state index < -0.39 is 0 Å². The van der Waals surface area contributed by atoms with Gasteiger partial charge in [0.1, 0.15) is 5.75 Å². The Morgan fingerprint density at radius 3 is 2.83 bits per heavy atom. The predicted octanol–water partition coefficient (Wildman–Crippen LogP) is 3.68. The van der Waals surface area contributed by atoms with Crippen molar-refractivity contribution in [1.29, 1.82) is 0 Å². The van der Waals surface area contributed by atoms with E-state index in [1.54, 1.807) is 7.11 Å². The lowest BCUT2D eigenvalue weighted by atomic mass is 10.0. The van der Waals surface area contributed by atoms with Crippen LogP contribution in [-0.2, 0) is 16.1 Å². The van der Waals surface area contributed by atoms with E-state index >= 15 is 0 Å². The third-order valence-corrected chi connectivity index (χ3v) is 7.24. The largest absolute Gasteiger partial charge is 0.497 e. The zero-order chi connectivity index (χ0) is 20.8. The Hall–Kier alpha value is -1.80. The first-order valence-corrected chi connectivity index (χ1v) is 12.2. The van der Waals surface area contributed by atoms with Gasteiger partial charge in [0, 0.05) is 19.1 Å². The van der Waals surface area contributed by atoms with Gasteiger partial charge in [-0.05, 0) is 50.8 Å². The zero-order valence-electron chi connectivity index (χ0n) is 17.3. The van der Waals surface area contributed by atoms with Gasteiger partial charge in [-0.2, -0.15) is 4.99 Å². The van der Waals surface area contributed by atoms with Crippen LogP contribution >= 0.6 is 23.1 Å². The lowest BCUT2D eigenvalue weighted by molar-refractivity contribution is -0.132. The fourth-order valence-electron chi connectivity index (χ4n) is 3.77. The lowest BCUT2D eigenvalue weighted by Crippen LogP contribution is -2.44. The van der Waals surface area contributed by atoms with Gasteiger partial charge in [-0.1, -0.05) is 18.3 Å². The van der Waals surface area contributed by atoms with E-state index in [0.717, 1.165) is 48.3 Å². The number of hydrogen-bond donors (Lipinski definition) is 0. The number of fused-ring (bicyclic) bond motifs is 1. The van der Waals surface area contributed by atoms with Crippen molar-refractivity contribution in [3.05, 3.63) is 23.0 Å². The summed E-state index contributed by atoms with van der Waals surface area (Å²) < 4.78 is 8.36. The summed E-state index contributed by atoms with van der Waals surface area (Å²) in [5, 5.41) is 0. The average molecular weight is 436 g/mol. The van der Waals surface area contributed by atoms with Gasteiger partial charge in [-0.15, -0.1) is 11.8 Å². The molecule has 1 saturated heterocycles. The minimum Gasteiger partial charge on any atom is -0.497 e. The number of piperidine rings is 1. The molecule has 8 heteroatoms. The smallest absolute Gasteiger partial charge is 0.258 e. The number of carbonyl (C=O) groups is 2. The molecule has 1 aliphatic heterocycles. The quantitative estimate of drug-likeness (QED) is 0.665. The van der Waals surface area contributed by atoms with Crippen LogP contribution in [0.3, 0.4) is 0 Å². The molecule has 2 aromatic rings. The average Bonchev–Trinajstić information content (AvgIpc) is 3.09. The van der Waals surface area contributed by atoms with Gasteiger partial charge in [-0.3, -0.25) is 9.59 Å². The highest BCUT2D eigenvalue weighted by atomic mass is 32.2. The second-order valence-electron chi connectivity index (χ2n) is 7.11. The molecule has 0 N–H and O–H groups in total. The van der Waals surface area contributed by atoms with Gasteiger partial charge in [0.15, 0.2) is 4.80 Å². The minimum atomic E-state index is -0.200. The van der Waals surface area contributed by atoms with E-state index in [1.807, 2.05) is 34.6 Å². The maximum atomic E-state index is 12.5. The molecule has 0 spiro atoms. The number of methoxy groups -OCH3 is 1. The first kappa shape index (κ1) is 21.9. The van der Waals surface area contributed by atoms with Crippen molar-refractivity contribution in [3.8, 4) is 5.75 Å². The number of hydrogen-bond acceptors (Lipinski definition) is 5. The van der Waals surface area contributed by atoms with Gasteiger partial charge in [0.25, 0.3) is 5.91 Å². The molecule has 1 unspecified atom stereocenters. The molecule has 1 aromatic heterocycles. The molecule has 3 rings (SSSR count). The van der Waals surface area contributed by atoms with Crippen LogP contribution in [0.1, 0.15) is 39.5 Å². The number of thioether (sulfide) groups is 1. The zero-order valence-corrected chi connectivity index (χ0v) is 19.0. The number of carbonyl (C=O) groups excluding carboxylic acids is 2. The fourth-order valence-corrected chi connectivity index (χ4v) is 5.59. The number of nitrogens with zero attached hydrogens (tertiary/aromatic N) is 3. The van der Waals surface area contributed by atoms with Crippen molar-refractivity contribution < 1.29 is 14.3 Å². The molecular formula is C21H29N3O3S2. The van der Waals surface area contributed by atoms with Crippen LogP contribution in [0.2, 0.25) is 0 Å². The van der Waals surface area contributed by atoms with Crippen molar-refractivity contribution in [3.63, 3.8) is 0 Å². The second kappa shape index (κ2) is 10.3. The van der Waals surface area contributed by atoms with Crippen molar-refractivity contribution in [2.24, 2.45) is 4.99 Å². The minimum absolute atomic E-state index is 0.145. The standard InChI is InChI=1S/C21H29N3O3S2/c1-4-15-8-6-7-11-24(15)20(26)14-28-13-19(25)22-21-23(5-2)17-10-9-16(27-3)12-18(17)29-21/h9-10,12,15H,4-8,11,13-14H2,1-3H3. The molecular weight excluding hydrogens is 406 g/mol. The van der Waals surface area contributed by atoms with E-state index in [0.29, 0.717) is 16.6 Å². The Morgan fingerprint density at radius 1 is 1.28 bits per heavy atom. The highest BCUT2D eigenvalue weighted by molar-refractivity contribution is 8.00. The number of likely N-dealkylation sites (tertiary alicyclic amines) is 1. The van der Waals surface area contributed by atoms with Crippen molar-refractivity contribution in [1.82, 2.24) is 9.47 Å². The summed E-state index contributed by atoms with van der Waals surface area (Å²) in [7, 11) is 1.64. The summed E-state index contributed by atoms with van der Waals surface area (Å²) in [5.41, 5.74) is 1.04. The molecule has 2 heterocycles. The van der Waals surface area contributed by atoms with Crippen LogP contribution in [0.5, 0.6) is 5.75 Å².